The maximum Gasteiger partial charge on any atom is 0.224 e. The molecule has 0 atom stereocenters. The number of rotatable bonds is 9. The Morgan fingerprint density at radius 3 is 2.61 bits per heavy atom. The number of hydrogen-bond acceptors (Lipinski definition) is 5. The lowest BCUT2D eigenvalue weighted by atomic mass is 10.1. The average Bonchev–Trinajstić information content (AvgIpc) is 3.28. The zero-order chi connectivity index (χ0) is 22.9. The minimum absolute atomic E-state index is 0.0940. The first-order valence-corrected chi connectivity index (χ1v) is 12.7. The molecule has 33 heavy (non-hydrogen) atoms. The lowest BCUT2D eigenvalue weighted by molar-refractivity contribution is -0.116. The molecule has 4 rings (SSSR count). The Labute approximate surface area is 201 Å². The molecule has 1 amide bonds. The smallest absolute Gasteiger partial charge is 0.224 e. The van der Waals surface area contributed by atoms with Crippen LogP contribution in [-0.4, -0.2) is 50.6 Å². The number of benzene rings is 2. The van der Waals surface area contributed by atoms with Gasteiger partial charge < -0.3 is 19.9 Å². The van der Waals surface area contributed by atoms with Crippen molar-refractivity contribution in [2.75, 3.05) is 50.1 Å². The lowest BCUT2D eigenvalue weighted by Crippen LogP contribution is -2.31. The summed E-state index contributed by atoms with van der Waals surface area (Å²) in [4.78, 5) is 17.3. The molecule has 5 nitrogen and oxygen atoms in total. The second-order valence-electron chi connectivity index (χ2n) is 8.45. The van der Waals surface area contributed by atoms with Crippen molar-refractivity contribution in [1.82, 2.24) is 4.90 Å². The highest BCUT2D eigenvalue weighted by molar-refractivity contribution is 7.08. The van der Waals surface area contributed by atoms with E-state index in [9.17, 15) is 4.79 Å². The second-order valence-corrected chi connectivity index (χ2v) is 9.23. The van der Waals surface area contributed by atoms with Crippen LogP contribution in [0.2, 0.25) is 0 Å². The van der Waals surface area contributed by atoms with Crippen LogP contribution in [0.4, 0.5) is 11.4 Å². The largest absolute Gasteiger partial charge is 0.495 e. The lowest BCUT2D eigenvalue weighted by Gasteiger charge is -2.25. The van der Waals surface area contributed by atoms with Gasteiger partial charge in [-0.2, -0.15) is 11.3 Å². The first-order valence-electron chi connectivity index (χ1n) is 11.8. The number of thiophene rings is 1. The second kappa shape index (κ2) is 11.9. The molecule has 1 aliphatic rings. The summed E-state index contributed by atoms with van der Waals surface area (Å²) in [5.74, 6) is 1.04. The molecule has 0 bridgehead atoms. The van der Waals surface area contributed by atoms with Gasteiger partial charge in [-0.1, -0.05) is 24.3 Å². The highest BCUT2D eigenvalue weighted by Gasteiger charge is 2.17. The molecule has 1 aliphatic heterocycles. The zero-order valence-corrected chi connectivity index (χ0v) is 20.2. The normalized spacial score (nSPS) is 14.6. The summed E-state index contributed by atoms with van der Waals surface area (Å²) in [5.41, 5.74) is 4.44. The predicted octanol–water partition coefficient (Wildman–Crippen LogP) is 5.74. The number of methoxy groups -OCH3 is 1. The van der Waals surface area contributed by atoms with Gasteiger partial charge in [0.15, 0.2) is 0 Å². The number of amides is 1. The van der Waals surface area contributed by atoms with Crippen molar-refractivity contribution in [1.29, 1.82) is 0 Å². The van der Waals surface area contributed by atoms with E-state index >= 15 is 0 Å². The summed E-state index contributed by atoms with van der Waals surface area (Å²) in [5, 5.41) is 7.24. The van der Waals surface area contributed by atoms with Crippen LogP contribution in [0, 0.1) is 0 Å². The summed E-state index contributed by atoms with van der Waals surface area (Å²) >= 11 is 1.69. The van der Waals surface area contributed by atoms with Crippen LogP contribution in [0.25, 0.3) is 11.1 Å². The molecule has 1 saturated heterocycles. The monoisotopic (exact) mass is 463 g/mol. The number of nitrogens with zero attached hydrogens (tertiary/aromatic N) is 2. The van der Waals surface area contributed by atoms with Gasteiger partial charge in [-0.15, -0.1) is 0 Å². The van der Waals surface area contributed by atoms with Gasteiger partial charge in [0.05, 0.1) is 12.8 Å². The van der Waals surface area contributed by atoms with E-state index in [0.29, 0.717) is 6.42 Å². The van der Waals surface area contributed by atoms with Gasteiger partial charge in [0.1, 0.15) is 5.75 Å². The van der Waals surface area contributed by atoms with Gasteiger partial charge in [-0.3, -0.25) is 4.79 Å². The van der Waals surface area contributed by atoms with Crippen LogP contribution < -0.4 is 15.0 Å². The number of anilines is 2. The van der Waals surface area contributed by atoms with Gasteiger partial charge in [0.2, 0.25) is 5.91 Å². The van der Waals surface area contributed by atoms with Crippen LogP contribution in [0.15, 0.2) is 65.4 Å². The number of para-hydroxylation sites is 2. The Kier molecular flexibility index (Phi) is 8.39. The maximum atomic E-state index is 12.4. The highest BCUT2D eigenvalue weighted by Crippen LogP contribution is 2.28. The third-order valence-corrected chi connectivity index (χ3v) is 6.85. The van der Waals surface area contributed by atoms with E-state index in [-0.39, 0.29) is 5.91 Å². The molecule has 2 aromatic carbocycles. The molecule has 0 radical (unpaired) electrons. The van der Waals surface area contributed by atoms with Gasteiger partial charge in [-0.25, -0.2) is 0 Å². The maximum absolute atomic E-state index is 12.4. The van der Waals surface area contributed by atoms with E-state index in [1.54, 1.807) is 18.4 Å². The number of nitrogens with one attached hydrogen (secondary N) is 1. The van der Waals surface area contributed by atoms with Crippen LogP contribution >= 0.6 is 11.3 Å². The van der Waals surface area contributed by atoms with Crippen LogP contribution in [0.3, 0.4) is 0 Å². The van der Waals surface area contributed by atoms with Gasteiger partial charge in [0, 0.05) is 31.7 Å². The number of carbonyl (C=O) groups excluding carboxylic acids is 1. The summed E-state index contributed by atoms with van der Waals surface area (Å²) in [7, 11) is 1.74. The van der Waals surface area contributed by atoms with Crippen molar-refractivity contribution < 1.29 is 9.53 Å². The highest BCUT2D eigenvalue weighted by atomic mass is 32.1. The Bertz CT molecular complexity index is 1000. The van der Waals surface area contributed by atoms with Crippen molar-refractivity contribution in [3.63, 3.8) is 0 Å². The van der Waals surface area contributed by atoms with Crippen molar-refractivity contribution >= 4 is 28.6 Å². The van der Waals surface area contributed by atoms with Gasteiger partial charge in [-0.05, 0) is 84.6 Å². The molecule has 2 heterocycles. The van der Waals surface area contributed by atoms with Crippen molar-refractivity contribution in [2.24, 2.45) is 0 Å². The fourth-order valence-electron chi connectivity index (χ4n) is 4.35. The number of hydrogen-bond donors (Lipinski definition) is 1. The predicted molar refractivity (Wildman–Crippen MR) is 138 cm³/mol. The van der Waals surface area contributed by atoms with Crippen LogP contribution in [-0.2, 0) is 4.79 Å². The molecular formula is C27H33N3O2S. The first-order chi connectivity index (χ1) is 16.2. The summed E-state index contributed by atoms with van der Waals surface area (Å²) < 4.78 is 5.54. The standard InChI is InChI=1S/C27H33N3O2S/c1-32-26-8-3-2-7-25(26)30-17-6-16-29(18-19-30)15-5-4-9-27(31)28-24-12-10-22(11-13-24)23-14-20-33-21-23/h2-3,7-8,10-14,20-21H,4-6,9,15-19H2,1H3,(H,28,31). The molecule has 1 N–H and O–H groups in total. The summed E-state index contributed by atoms with van der Waals surface area (Å²) in [6.45, 7) is 5.24. The zero-order valence-electron chi connectivity index (χ0n) is 19.3. The Hall–Kier alpha value is -2.83. The SMILES string of the molecule is COc1ccccc1N1CCCN(CCCCC(=O)Nc2ccc(-c3ccsc3)cc2)CC1. The quantitative estimate of drug-likeness (QED) is 0.411. The number of carbonyl (C=O) groups is 1. The molecule has 0 unspecified atom stereocenters. The number of ether oxygens (including phenoxy) is 1. The molecule has 3 aromatic rings. The molecule has 1 aromatic heterocycles. The topological polar surface area (TPSA) is 44.8 Å². The third kappa shape index (κ3) is 6.59. The minimum atomic E-state index is 0.0940. The fourth-order valence-corrected chi connectivity index (χ4v) is 5.01. The molecule has 174 valence electrons. The number of unbranched alkanes of at least 4 members (excludes halogenated alkanes) is 1. The summed E-state index contributed by atoms with van der Waals surface area (Å²) in [6, 6.07) is 18.5. The van der Waals surface area contributed by atoms with Crippen molar-refractivity contribution in [3.05, 3.63) is 65.4 Å². The van der Waals surface area contributed by atoms with E-state index in [1.165, 1.54) is 16.8 Å². The van der Waals surface area contributed by atoms with Crippen molar-refractivity contribution in [3.8, 4) is 16.9 Å². The fraction of sp³-hybridized carbons (Fsp3) is 0.370. The van der Waals surface area contributed by atoms with Gasteiger partial charge >= 0.3 is 0 Å². The van der Waals surface area contributed by atoms with E-state index in [2.05, 4.69) is 56.2 Å². The molecular weight excluding hydrogens is 430 g/mol. The van der Waals surface area contributed by atoms with E-state index in [0.717, 1.165) is 63.4 Å². The Balaban J connectivity index is 1.16. The van der Waals surface area contributed by atoms with Crippen molar-refractivity contribution in [2.45, 2.75) is 25.7 Å². The molecule has 6 heteroatoms. The molecule has 0 saturated carbocycles. The molecule has 1 fully saturated rings. The van der Waals surface area contributed by atoms with Crippen LogP contribution in [0.5, 0.6) is 5.75 Å². The first kappa shape index (κ1) is 23.3. The Morgan fingerprint density at radius 2 is 1.82 bits per heavy atom. The van der Waals surface area contributed by atoms with Gasteiger partial charge in [0.25, 0.3) is 0 Å². The average molecular weight is 464 g/mol. The van der Waals surface area contributed by atoms with Crippen LogP contribution in [0.1, 0.15) is 25.7 Å². The summed E-state index contributed by atoms with van der Waals surface area (Å²) in [6.07, 6.45) is 3.65. The minimum Gasteiger partial charge on any atom is -0.495 e. The van der Waals surface area contributed by atoms with E-state index < -0.39 is 0 Å². The third-order valence-electron chi connectivity index (χ3n) is 6.17. The van der Waals surface area contributed by atoms with E-state index in [1.807, 2.05) is 24.3 Å². The molecule has 0 aliphatic carbocycles. The molecule has 0 spiro atoms. The van der Waals surface area contributed by atoms with E-state index in [4.69, 9.17) is 4.74 Å². The Morgan fingerprint density at radius 1 is 0.970 bits per heavy atom.